The topological polar surface area (TPSA) is 25.2 Å². The molecule has 1 aliphatic carbocycles. The Morgan fingerprint density at radius 3 is 2.70 bits per heavy atom. The van der Waals surface area contributed by atoms with Crippen LogP contribution in [0, 0.1) is 5.92 Å². The fourth-order valence-electron chi connectivity index (χ4n) is 2.68. The minimum atomic E-state index is 0.682. The van der Waals surface area contributed by atoms with Crippen molar-refractivity contribution in [2.75, 3.05) is 6.54 Å². The van der Waals surface area contributed by atoms with E-state index in [1.54, 1.807) is 0 Å². The van der Waals surface area contributed by atoms with E-state index in [1.165, 1.54) is 17.7 Å². The molecule has 2 nitrogen and oxygen atoms in total. The first kappa shape index (κ1) is 13.4. The molecule has 1 heterocycles. The Morgan fingerprint density at radius 2 is 1.95 bits per heavy atom. The molecule has 0 bridgehead atoms. The van der Waals surface area contributed by atoms with Crippen LogP contribution in [0.5, 0.6) is 0 Å². The van der Waals surface area contributed by atoms with E-state index in [0.717, 1.165) is 37.6 Å². The van der Waals surface area contributed by atoms with E-state index in [-0.39, 0.29) is 0 Å². The lowest BCUT2D eigenvalue weighted by Crippen LogP contribution is -2.14. The summed E-state index contributed by atoms with van der Waals surface area (Å²) in [4.78, 5) is 0. The summed E-state index contributed by atoms with van der Waals surface area (Å²) in [5.74, 6) is 3.74. The summed E-state index contributed by atoms with van der Waals surface area (Å²) in [7, 11) is 0. The van der Waals surface area contributed by atoms with Gasteiger partial charge in [-0.1, -0.05) is 37.3 Å². The molecule has 2 atom stereocenters. The van der Waals surface area contributed by atoms with E-state index in [9.17, 15) is 0 Å². The quantitative estimate of drug-likeness (QED) is 0.765. The summed E-state index contributed by atoms with van der Waals surface area (Å²) in [6.45, 7) is 4.16. The largest absolute Gasteiger partial charge is 0.464 e. The van der Waals surface area contributed by atoms with Crippen LogP contribution in [-0.4, -0.2) is 6.54 Å². The van der Waals surface area contributed by atoms with E-state index >= 15 is 0 Å². The summed E-state index contributed by atoms with van der Waals surface area (Å²) in [6, 6.07) is 14.9. The maximum absolute atomic E-state index is 5.88. The standard InChI is InChI=1S/C18H23NO/c1-14-12-17(14)18-10-9-16(20-18)13-19-11-5-8-15-6-3-2-4-7-15/h2-4,6-7,9-10,14,17,19H,5,8,11-13H2,1H3. The maximum Gasteiger partial charge on any atom is 0.117 e. The first-order chi connectivity index (χ1) is 9.83. The molecule has 0 radical (unpaired) electrons. The molecule has 3 rings (SSSR count). The molecule has 1 N–H and O–H groups in total. The molecule has 1 fully saturated rings. The van der Waals surface area contributed by atoms with Gasteiger partial charge in [0.05, 0.1) is 6.54 Å². The Kier molecular flexibility index (Phi) is 4.22. The molecule has 0 saturated heterocycles. The monoisotopic (exact) mass is 269 g/mol. The number of nitrogens with one attached hydrogen (secondary N) is 1. The molecular weight excluding hydrogens is 246 g/mol. The van der Waals surface area contributed by atoms with Gasteiger partial charge < -0.3 is 9.73 Å². The van der Waals surface area contributed by atoms with Gasteiger partial charge >= 0.3 is 0 Å². The Labute approximate surface area is 121 Å². The van der Waals surface area contributed by atoms with E-state index in [0.29, 0.717) is 5.92 Å². The summed E-state index contributed by atoms with van der Waals surface area (Å²) < 4.78 is 5.88. The summed E-state index contributed by atoms with van der Waals surface area (Å²) >= 11 is 0. The number of furan rings is 1. The van der Waals surface area contributed by atoms with E-state index in [2.05, 4.69) is 54.7 Å². The van der Waals surface area contributed by atoms with Crippen molar-refractivity contribution < 1.29 is 4.42 Å². The number of aryl methyl sites for hydroxylation is 1. The lowest BCUT2D eigenvalue weighted by atomic mass is 10.1. The summed E-state index contributed by atoms with van der Waals surface area (Å²) in [6.07, 6.45) is 3.59. The average Bonchev–Trinajstić information content (AvgIpc) is 3.01. The van der Waals surface area contributed by atoms with E-state index in [1.807, 2.05) is 0 Å². The highest BCUT2D eigenvalue weighted by atomic mass is 16.3. The number of hydrogen-bond acceptors (Lipinski definition) is 2. The zero-order chi connectivity index (χ0) is 13.8. The number of hydrogen-bond donors (Lipinski definition) is 1. The third kappa shape index (κ3) is 3.51. The lowest BCUT2D eigenvalue weighted by molar-refractivity contribution is 0.443. The van der Waals surface area contributed by atoms with Gasteiger partial charge in [-0.2, -0.15) is 0 Å². The molecule has 2 unspecified atom stereocenters. The van der Waals surface area contributed by atoms with Crippen LogP contribution in [0.2, 0.25) is 0 Å². The fourth-order valence-corrected chi connectivity index (χ4v) is 2.68. The molecule has 1 aliphatic rings. The van der Waals surface area contributed by atoms with Crippen LogP contribution < -0.4 is 5.32 Å². The van der Waals surface area contributed by atoms with Gasteiger partial charge in [-0.05, 0) is 49.4 Å². The van der Waals surface area contributed by atoms with Crippen LogP contribution in [0.25, 0.3) is 0 Å². The smallest absolute Gasteiger partial charge is 0.117 e. The van der Waals surface area contributed by atoms with Gasteiger partial charge in [0, 0.05) is 5.92 Å². The highest BCUT2D eigenvalue weighted by Gasteiger charge is 2.36. The van der Waals surface area contributed by atoms with Gasteiger partial charge in [-0.25, -0.2) is 0 Å². The van der Waals surface area contributed by atoms with Crippen molar-refractivity contribution in [2.24, 2.45) is 5.92 Å². The van der Waals surface area contributed by atoms with Crippen LogP contribution in [0.1, 0.15) is 42.8 Å². The van der Waals surface area contributed by atoms with Crippen LogP contribution in [-0.2, 0) is 13.0 Å². The lowest BCUT2D eigenvalue weighted by Gasteiger charge is -2.03. The maximum atomic E-state index is 5.88. The van der Waals surface area contributed by atoms with Gasteiger partial charge in [0.2, 0.25) is 0 Å². The molecule has 20 heavy (non-hydrogen) atoms. The van der Waals surface area contributed by atoms with Crippen molar-refractivity contribution in [3.63, 3.8) is 0 Å². The number of benzene rings is 1. The van der Waals surface area contributed by atoms with Gasteiger partial charge in [0.15, 0.2) is 0 Å². The van der Waals surface area contributed by atoms with Crippen LogP contribution in [0.4, 0.5) is 0 Å². The van der Waals surface area contributed by atoms with E-state index < -0.39 is 0 Å². The minimum Gasteiger partial charge on any atom is -0.464 e. The van der Waals surface area contributed by atoms with Crippen molar-refractivity contribution in [3.8, 4) is 0 Å². The second kappa shape index (κ2) is 6.27. The van der Waals surface area contributed by atoms with Crippen molar-refractivity contribution in [2.45, 2.75) is 38.6 Å². The molecule has 0 amide bonds. The first-order valence-corrected chi connectivity index (χ1v) is 7.66. The molecule has 1 saturated carbocycles. The van der Waals surface area contributed by atoms with Crippen molar-refractivity contribution in [1.82, 2.24) is 5.32 Å². The normalized spacial score (nSPS) is 21.1. The highest BCUT2D eigenvalue weighted by Crippen LogP contribution is 2.47. The first-order valence-electron chi connectivity index (χ1n) is 7.66. The van der Waals surface area contributed by atoms with Crippen LogP contribution >= 0.6 is 0 Å². The highest BCUT2D eigenvalue weighted by molar-refractivity contribution is 5.17. The molecule has 2 aromatic rings. The molecule has 0 aliphatic heterocycles. The Balaban J connectivity index is 1.34. The SMILES string of the molecule is CC1CC1c1ccc(CNCCCc2ccccc2)o1. The third-order valence-electron chi connectivity index (χ3n) is 4.12. The minimum absolute atomic E-state index is 0.682. The van der Waals surface area contributed by atoms with Crippen molar-refractivity contribution in [1.29, 1.82) is 0 Å². The summed E-state index contributed by atoms with van der Waals surface area (Å²) in [5, 5.41) is 3.46. The molecule has 1 aromatic carbocycles. The van der Waals surface area contributed by atoms with Crippen LogP contribution in [0.15, 0.2) is 46.9 Å². The zero-order valence-electron chi connectivity index (χ0n) is 12.1. The van der Waals surface area contributed by atoms with Gasteiger partial charge in [0.25, 0.3) is 0 Å². The number of rotatable bonds is 7. The van der Waals surface area contributed by atoms with Gasteiger partial charge in [-0.3, -0.25) is 0 Å². The van der Waals surface area contributed by atoms with E-state index in [4.69, 9.17) is 4.42 Å². The fraction of sp³-hybridized carbons (Fsp3) is 0.444. The van der Waals surface area contributed by atoms with Gasteiger partial charge in [0.1, 0.15) is 11.5 Å². The zero-order valence-corrected chi connectivity index (χ0v) is 12.1. The molecule has 106 valence electrons. The van der Waals surface area contributed by atoms with Crippen molar-refractivity contribution in [3.05, 3.63) is 59.5 Å². The summed E-state index contributed by atoms with van der Waals surface area (Å²) in [5.41, 5.74) is 1.41. The molecular formula is C18H23NO. The Morgan fingerprint density at radius 1 is 1.15 bits per heavy atom. The second-order valence-electron chi connectivity index (χ2n) is 5.89. The third-order valence-corrected chi connectivity index (χ3v) is 4.12. The molecule has 2 heteroatoms. The van der Waals surface area contributed by atoms with Crippen LogP contribution in [0.3, 0.4) is 0 Å². The predicted molar refractivity (Wildman–Crippen MR) is 81.7 cm³/mol. The Bertz CT molecular complexity index is 531. The molecule has 1 aromatic heterocycles. The average molecular weight is 269 g/mol. The second-order valence-corrected chi connectivity index (χ2v) is 5.89. The predicted octanol–water partition coefficient (Wildman–Crippen LogP) is 4.13. The van der Waals surface area contributed by atoms with Crippen molar-refractivity contribution >= 4 is 0 Å². The molecule has 0 spiro atoms. The van der Waals surface area contributed by atoms with Gasteiger partial charge in [-0.15, -0.1) is 0 Å². The Hall–Kier alpha value is -1.54.